The minimum Gasteiger partial charge on any atom is -0.313 e. The van der Waals surface area contributed by atoms with Gasteiger partial charge in [0, 0.05) is 31.7 Å². The fourth-order valence-electron chi connectivity index (χ4n) is 3.16. The standard InChI is InChI=1S/C13H25N3O2S/c17-19(18,15-9-3-4-10-15)16(13-6-7-13)11-12-5-1-2-8-14-12/h12-14H,1-11H2. The molecule has 0 radical (unpaired) electrons. The molecule has 0 aromatic rings. The topological polar surface area (TPSA) is 52.7 Å². The molecule has 0 bridgehead atoms. The van der Waals surface area contributed by atoms with E-state index in [1.54, 1.807) is 8.61 Å². The van der Waals surface area contributed by atoms with Crippen LogP contribution in [-0.2, 0) is 10.2 Å². The summed E-state index contributed by atoms with van der Waals surface area (Å²) in [4.78, 5) is 0. The number of nitrogens with zero attached hydrogens (tertiary/aromatic N) is 2. The van der Waals surface area contributed by atoms with Gasteiger partial charge in [0.15, 0.2) is 0 Å². The first kappa shape index (κ1) is 13.8. The molecule has 5 nitrogen and oxygen atoms in total. The summed E-state index contributed by atoms with van der Waals surface area (Å²) in [6.07, 6.45) is 7.66. The molecule has 1 atom stereocenters. The highest BCUT2D eigenvalue weighted by molar-refractivity contribution is 7.86. The zero-order valence-corrected chi connectivity index (χ0v) is 12.4. The second-order valence-electron chi connectivity index (χ2n) is 6.06. The molecule has 0 aromatic carbocycles. The van der Waals surface area contributed by atoms with E-state index in [1.165, 1.54) is 12.8 Å². The highest BCUT2D eigenvalue weighted by Crippen LogP contribution is 2.32. The summed E-state index contributed by atoms with van der Waals surface area (Å²) >= 11 is 0. The molecule has 2 saturated heterocycles. The van der Waals surface area contributed by atoms with E-state index in [4.69, 9.17) is 0 Å². The van der Waals surface area contributed by atoms with Crippen molar-refractivity contribution in [2.24, 2.45) is 0 Å². The number of rotatable bonds is 5. The molecule has 6 heteroatoms. The van der Waals surface area contributed by atoms with Gasteiger partial charge in [-0.25, -0.2) is 0 Å². The van der Waals surface area contributed by atoms with Crippen LogP contribution in [0.2, 0.25) is 0 Å². The molecule has 0 aromatic heterocycles. The molecule has 0 amide bonds. The molecule has 3 aliphatic rings. The van der Waals surface area contributed by atoms with Crippen LogP contribution in [0.15, 0.2) is 0 Å². The van der Waals surface area contributed by atoms with E-state index in [1.807, 2.05) is 0 Å². The maximum Gasteiger partial charge on any atom is 0.282 e. The van der Waals surface area contributed by atoms with Crippen molar-refractivity contribution in [3.8, 4) is 0 Å². The lowest BCUT2D eigenvalue weighted by Crippen LogP contribution is -2.50. The van der Waals surface area contributed by atoms with E-state index in [-0.39, 0.29) is 6.04 Å². The van der Waals surface area contributed by atoms with Crippen LogP contribution >= 0.6 is 0 Å². The van der Waals surface area contributed by atoms with Crippen LogP contribution < -0.4 is 5.32 Å². The fourth-order valence-corrected chi connectivity index (χ4v) is 5.13. The highest BCUT2D eigenvalue weighted by Gasteiger charge is 2.42. The number of hydrogen-bond donors (Lipinski definition) is 1. The van der Waals surface area contributed by atoms with Crippen LogP contribution in [0.3, 0.4) is 0 Å². The second kappa shape index (κ2) is 5.68. The van der Waals surface area contributed by atoms with Gasteiger partial charge in [-0.3, -0.25) is 0 Å². The molecule has 1 N–H and O–H groups in total. The monoisotopic (exact) mass is 287 g/mol. The van der Waals surface area contributed by atoms with E-state index in [0.717, 1.165) is 38.6 Å². The van der Waals surface area contributed by atoms with Crippen LogP contribution in [0.5, 0.6) is 0 Å². The second-order valence-corrected chi connectivity index (χ2v) is 7.94. The lowest BCUT2D eigenvalue weighted by atomic mass is 10.1. The number of hydrogen-bond acceptors (Lipinski definition) is 3. The molecule has 2 heterocycles. The zero-order valence-electron chi connectivity index (χ0n) is 11.6. The van der Waals surface area contributed by atoms with Crippen molar-refractivity contribution in [2.45, 2.75) is 57.0 Å². The van der Waals surface area contributed by atoms with E-state index in [9.17, 15) is 8.42 Å². The van der Waals surface area contributed by atoms with Crippen molar-refractivity contribution < 1.29 is 8.42 Å². The normalized spacial score (nSPS) is 30.1. The summed E-state index contributed by atoms with van der Waals surface area (Å²) in [6, 6.07) is 0.626. The van der Waals surface area contributed by atoms with Crippen molar-refractivity contribution in [1.29, 1.82) is 0 Å². The molecular weight excluding hydrogens is 262 g/mol. The third-order valence-corrected chi connectivity index (χ3v) is 6.51. The summed E-state index contributed by atoms with van der Waals surface area (Å²) in [7, 11) is -3.21. The van der Waals surface area contributed by atoms with Gasteiger partial charge in [0.2, 0.25) is 0 Å². The lowest BCUT2D eigenvalue weighted by Gasteiger charge is -2.32. The Balaban J connectivity index is 1.69. The van der Waals surface area contributed by atoms with Crippen LogP contribution in [0.1, 0.15) is 44.9 Å². The Bertz CT molecular complexity index is 396. The lowest BCUT2D eigenvalue weighted by molar-refractivity contribution is 0.290. The molecule has 19 heavy (non-hydrogen) atoms. The molecule has 3 fully saturated rings. The maximum absolute atomic E-state index is 12.7. The number of nitrogens with one attached hydrogen (secondary N) is 1. The predicted octanol–water partition coefficient (Wildman–Crippen LogP) is 0.933. The summed E-state index contributed by atoms with van der Waals surface area (Å²) < 4.78 is 28.9. The van der Waals surface area contributed by atoms with Crippen LogP contribution in [-0.4, -0.2) is 55.3 Å². The molecule has 1 unspecified atom stereocenters. The van der Waals surface area contributed by atoms with Crippen LogP contribution in [0.4, 0.5) is 0 Å². The Kier molecular flexibility index (Phi) is 4.12. The fraction of sp³-hybridized carbons (Fsp3) is 1.00. The smallest absolute Gasteiger partial charge is 0.282 e. The summed E-state index contributed by atoms with van der Waals surface area (Å²) in [5.74, 6) is 0. The summed E-state index contributed by atoms with van der Waals surface area (Å²) in [6.45, 7) is 3.13. The van der Waals surface area contributed by atoms with Crippen molar-refractivity contribution in [2.75, 3.05) is 26.2 Å². The molecule has 2 aliphatic heterocycles. The first-order chi connectivity index (χ1) is 9.18. The first-order valence-electron chi connectivity index (χ1n) is 7.68. The minimum atomic E-state index is -3.21. The van der Waals surface area contributed by atoms with Gasteiger partial charge in [-0.1, -0.05) is 6.42 Å². The molecule has 1 saturated carbocycles. The van der Waals surface area contributed by atoms with Gasteiger partial charge < -0.3 is 5.32 Å². The van der Waals surface area contributed by atoms with Crippen LogP contribution in [0, 0.1) is 0 Å². The first-order valence-corrected chi connectivity index (χ1v) is 9.08. The quantitative estimate of drug-likeness (QED) is 0.818. The Morgan fingerprint density at radius 3 is 2.37 bits per heavy atom. The van der Waals surface area contributed by atoms with Gasteiger partial charge >= 0.3 is 0 Å². The molecule has 1 aliphatic carbocycles. The molecular formula is C13H25N3O2S. The summed E-state index contributed by atoms with van der Waals surface area (Å²) in [5.41, 5.74) is 0. The van der Waals surface area contributed by atoms with Gasteiger partial charge in [-0.15, -0.1) is 0 Å². The Hall–Kier alpha value is -0.170. The largest absolute Gasteiger partial charge is 0.313 e. The van der Waals surface area contributed by atoms with E-state index >= 15 is 0 Å². The van der Waals surface area contributed by atoms with E-state index < -0.39 is 10.2 Å². The molecule has 0 spiro atoms. The third-order valence-electron chi connectivity index (χ3n) is 4.45. The minimum absolute atomic E-state index is 0.273. The van der Waals surface area contributed by atoms with Crippen molar-refractivity contribution in [1.82, 2.24) is 13.9 Å². The maximum atomic E-state index is 12.7. The van der Waals surface area contributed by atoms with Gasteiger partial charge in [-0.2, -0.15) is 17.0 Å². The van der Waals surface area contributed by atoms with Crippen molar-refractivity contribution >= 4 is 10.2 Å². The average Bonchev–Trinajstić information content (AvgIpc) is 3.09. The number of piperidine rings is 1. The van der Waals surface area contributed by atoms with Crippen molar-refractivity contribution in [3.05, 3.63) is 0 Å². The predicted molar refractivity (Wildman–Crippen MR) is 75.1 cm³/mol. The van der Waals surface area contributed by atoms with Gasteiger partial charge in [0.25, 0.3) is 10.2 Å². The molecule has 110 valence electrons. The highest BCUT2D eigenvalue weighted by atomic mass is 32.2. The molecule has 3 rings (SSSR count). The average molecular weight is 287 g/mol. The van der Waals surface area contributed by atoms with Gasteiger partial charge in [0.05, 0.1) is 0 Å². The Morgan fingerprint density at radius 1 is 1.05 bits per heavy atom. The van der Waals surface area contributed by atoms with Gasteiger partial charge in [0.1, 0.15) is 0 Å². The van der Waals surface area contributed by atoms with Crippen LogP contribution in [0.25, 0.3) is 0 Å². The van der Waals surface area contributed by atoms with E-state index in [2.05, 4.69) is 5.32 Å². The zero-order chi connectivity index (χ0) is 13.3. The SMILES string of the molecule is O=S(=O)(N1CCCC1)N(CC1CCCCN1)C1CC1. The van der Waals surface area contributed by atoms with Gasteiger partial charge in [-0.05, 0) is 45.1 Å². The van der Waals surface area contributed by atoms with Crippen molar-refractivity contribution in [3.63, 3.8) is 0 Å². The Labute approximate surface area is 116 Å². The third kappa shape index (κ3) is 3.12. The summed E-state index contributed by atoms with van der Waals surface area (Å²) in [5, 5.41) is 3.47. The van der Waals surface area contributed by atoms with E-state index in [0.29, 0.717) is 25.7 Å². The Morgan fingerprint density at radius 2 is 1.79 bits per heavy atom.